The van der Waals surface area contributed by atoms with Crippen LogP contribution in [0, 0.1) is 6.92 Å². The number of rotatable bonds is 4. The summed E-state index contributed by atoms with van der Waals surface area (Å²) in [5.74, 6) is 0.473. The third kappa shape index (κ3) is 3.45. The number of carbonyl (C=O) groups is 1. The van der Waals surface area contributed by atoms with Crippen molar-refractivity contribution in [3.8, 4) is 5.75 Å². The number of benzene rings is 2. The van der Waals surface area contributed by atoms with Gasteiger partial charge in [-0.25, -0.2) is 5.43 Å². The van der Waals surface area contributed by atoms with Crippen LogP contribution in [0.25, 0.3) is 0 Å². The smallest absolute Gasteiger partial charge is 0.271 e. The van der Waals surface area contributed by atoms with E-state index in [1.807, 2.05) is 49.4 Å². The minimum Gasteiger partial charge on any atom is -0.496 e. The molecule has 102 valence electrons. The van der Waals surface area contributed by atoms with Crippen molar-refractivity contribution in [2.75, 3.05) is 7.11 Å². The maximum Gasteiger partial charge on any atom is 0.271 e. The molecule has 0 spiro atoms. The van der Waals surface area contributed by atoms with Gasteiger partial charge in [-0.2, -0.15) is 5.10 Å². The number of hydrazone groups is 1. The zero-order valence-electron chi connectivity index (χ0n) is 11.5. The van der Waals surface area contributed by atoms with Crippen molar-refractivity contribution < 1.29 is 9.53 Å². The molecule has 1 N–H and O–H groups in total. The van der Waals surface area contributed by atoms with Crippen LogP contribution in [0.4, 0.5) is 0 Å². The van der Waals surface area contributed by atoms with Crippen molar-refractivity contribution in [2.24, 2.45) is 5.10 Å². The van der Waals surface area contributed by atoms with Crippen molar-refractivity contribution in [3.63, 3.8) is 0 Å². The summed E-state index contributed by atoms with van der Waals surface area (Å²) in [7, 11) is 1.60. The van der Waals surface area contributed by atoms with Crippen molar-refractivity contribution in [3.05, 3.63) is 65.2 Å². The van der Waals surface area contributed by atoms with Gasteiger partial charge in [-0.3, -0.25) is 4.79 Å². The standard InChI is InChI=1S/C16H16N2O2/c1-12-6-5-8-13(10-12)16(19)18-17-11-14-7-3-4-9-15(14)20-2/h3-11H,1-2H3,(H,18,19)/b17-11+. The Balaban J connectivity index is 2.05. The molecule has 2 aromatic carbocycles. The topological polar surface area (TPSA) is 50.7 Å². The number of nitrogens with one attached hydrogen (secondary N) is 1. The van der Waals surface area contributed by atoms with Crippen LogP contribution < -0.4 is 10.2 Å². The van der Waals surface area contributed by atoms with Crippen LogP contribution in [-0.2, 0) is 0 Å². The molecule has 0 saturated heterocycles. The molecular formula is C16H16N2O2. The van der Waals surface area contributed by atoms with Crippen LogP contribution >= 0.6 is 0 Å². The minimum atomic E-state index is -0.236. The number of para-hydroxylation sites is 1. The highest BCUT2D eigenvalue weighted by molar-refractivity contribution is 5.95. The molecule has 20 heavy (non-hydrogen) atoms. The molecule has 0 radical (unpaired) electrons. The first-order chi connectivity index (χ1) is 9.70. The van der Waals surface area contributed by atoms with E-state index in [0.29, 0.717) is 11.3 Å². The van der Waals surface area contributed by atoms with Crippen LogP contribution in [0.1, 0.15) is 21.5 Å². The number of ether oxygens (including phenoxy) is 1. The third-order valence-electron chi connectivity index (χ3n) is 2.79. The first-order valence-electron chi connectivity index (χ1n) is 6.24. The second-order valence-electron chi connectivity index (χ2n) is 4.31. The molecule has 4 nitrogen and oxygen atoms in total. The SMILES string of the molecule is COc1ccccc1/C=N/NC(=O)c1cccc(C)c1. The molecule has 0 heterocycles. The van der Waals surface area contributed by atoms with Gasteiger partial charge in [-0.15, -0.1) is 0 Å². The van der Waals surface area contributed by atoms with Crippen LogP contribution in [-0.4, -0.2) is 19.2 Å². The second-order valence-corrected chi connectivity index (χ2v) is 4.31. The molecule has 0 aliphatic rings. The molecule has 0 aliphatic heterocycles. The molecule has 0 fully saturated rings. The van der Waals surface area contributed by atoms with Gasteiger partial charge in [0.05, 0.1) is 13.3 Å². The highest BCUT2D eigenvalue weighted by Crippen LogP contribution is 2.14. The average Bonchev–Trinajstić information content (AvgIpc) is 2.47. The fourth-order valence-corrected chi connectivity index (χ4v) is 1.78. The van der Waals surface area contributed by atoms with Gasteiger partial charge < -0.3 is 4.74 Å². The van der Waals surface area contributed by atoms with Crippen molar-refractivity contribution >= 4 is 12.1 Å². The minimum absolute atomic E-state index is 0.236. The highest BCUT2D eigenvalue weighted by atomic mass is 16.5. The van der Waals surface area contributed by atoms with E-state index in [4.69, 9.17) is 4.74 Å². The summed E-state index contributed by atoms with van der Waals surface area (Å²) in [6.07, 6.45) is 1.56. The summed E-state index contributed by atoms with van der Waals surface area (Å²) < 4.78 is 5.20. The Labute approximate surface area is 118 Å². The van der Waals surface area contributed by atoms with Gasteiger partial charge in [0.2, 0.25) is 0 Å². The Morgan fingerprint density at radius 1 is 1.20 bits per heavy atom. The van der Waals surface area contributed by atoms with E-state index in [9.17, 15) is 4.79 Å². The predicted octanol–water partition coefficient (Wildman–Crippen LogP) is 2.77. The summed E-state index contributed by atoms with van der Waals surface area (Å²) >= 11 is 0. The summed E-state index contributed by atoms with van der Waals surface area (Å²) in [5.41, 5.74) is 4.93. The van der Waals surface area contributed by atoms with Crippen molar-refractivity contribution in [2.45, 2.75) is 6.92 Å². The first-order valence-corrected chi connectivity index (χ1v) is 6.24. The Morgan fingerprint density at radius 2 is 2.00 bits per heavy atom. The molecule has 0 atom stereocenters. The highest BCUT2D eigenvalue weighted by Gasteiger charge is 2.03. The van der Waals surface area contributed by atoms with Crippen LogP contribution in [0.2, 0.25) is 0 Å². The predicted molar refractivity (Wildman–Crippen MR) is 79.2 cm³/mol. The summed E-state index contributed by atoms with van der Waals surface area (Å²) in [6.45, 7) is 1.94. The van der Waals surface area contributed by atoms with Gasteiger partial charge in [-0.05, 0) is 31.2 Å². The van der Waals surface area contributed by atoms with E-state index in [1.165, 1.54) is 0 Å². The average molecular weight is 268 g/mol. The molecule has 0 aliphatic carbocycles. The van der Waals surface area contributed by atoms with Gasteiger partial charge >= 0.3 is 0 Å². The van der Waals surface area contributed by atoms with Crippen molar-refractivity contribution in [1.82, 2.24) is 5.43 Å². The fourth-order valence-electron chi connectivity index (χ4n) is 1.78. The van der Waals surface area contributed by atoms with E-state index >= 15 is 0 Å². The van der Waals surface area contributed by atoms with E-state index < -0.39 is 0 Å². The molecular weight excluding hydrogens is 252 g/mol. The maximum absolute atomic E-state index is 11.9. The zero-order valence-corrected chi connectivity index (χ0v) is 11.5. The summed E-state index contributed by atoms with van der Waals surface area (Å²) in [5, 5.41) is 3.95. The number of aryl methyl sites for hydroxylation is 1. The van der Waals surface area contributed by atoms with E-state index in [-0.39, 0.29) is 5.91 Å². The third-order valence-corrected chi connectivity index (χ3v) is 2.79. The monoisotopic (exact) mass is 268 g/mol. The number of hydrogen-bond donors (Lipinski definition) is 1. The van der Waals surface area contributed by atoms with Crippen molar-refractivity contribution in [1.29, 1.82) is 0 Å². The lowest BCUT2D eigenvalue weighted by molar-refractivity contribution is 0.0955. The molecule has 4 heteroatoms. The Hall–Kier alpha value is -2.62. The molecule has 0 unspecified atom stereocenters. The number of nitrogens with zero attached hydrogens (tertiary/aromatic N) is 1. The zero-order chi connectivity index (χ0) is 14.4. The number of hydrogen-bond acceptors (Lipinski definition) is 3. The Kier molecular flexibility index (Phi) is 4.50. The van der Waals surface area contributed by atoms with Gasteiger partial charge in [0.15, 0.2) is 0 Å². The van der Waals surface area contributed by atoms with Crippen LogP contribution in [0.3, 0.4) is 0 Å². The van der Waals surface area contributed by atoms with E-state index in [0.717, 1.165) is 11.1 Å². The normalized spacial score (nSPS) is 10.5. The second kappa shape index (κ2) is 6.52. The lowest BCUT2D eigenvalue weighted by Gasteiger charge is -2.03. The summed E-state index contributed by atoms with van der Waals surface area (Å²) in [6, 6.07) is 14.8. The van der Waals surface area contributed by atoms with Gasteiger partial charge in [0.1, 0.15) is 5.75 Å². The first kappa shape index (κ1) is 13.8. The number of carbonyl (C=O) groups excluding carboxylic acids is 1. The molecule has 0 aromatic heterocycles. The fraction of sp³-hybridized carbons (Fsp3) is 0.125. The van der Waals surface area contributed by atoms with Gasteiger partial charge in [0.25, 0.3) is 5.91 Å². The number of methoxy groups -OCH3 is 1. The summed E-state index contributed by atoms with van der Waals surface area (Å²) in [4.78, 5) is 11.9. The Bertz CT molecular complexity index is 636. The largest absolute Gasteiger partial charge is 0.496 e. The molecule has 2 aromatic rings. The Morgan fingerprint density at radius 3 is 2.75 bits per heavy atom. The van der Waals surface area contributed by atoms with E-state index in [2.05, 4.69) is 10.5 Å². The van der Waals surface area contributed by atoms with E-state index in [1.54, 1.807) is 19.4 Å². The molecule has 2 rings (SSSR count). The molecule has 1 amide bonds. The number of amides is 1. The van der Waals surface area contributed by atoms with Crippen LogP contribution in [0.5, 0.6) is 5.75 Å². The van der Waals surface area contributed by atoms with Gasteiger partial charge in [-0.1, -0.05) is 29.8 Å². The van der Waals surface area contributed by atoms with Crippen LogP contribution in [0.15, 0.2) is 53.6 Å². The lowest BCUT2D eigenvalue weighted by Crippen LogP contribution is -2.17. The maximum atomic E-state index is 11.9. The molecule has 0 bridgehead atoms. The quantitative estimate of drug-likeness (QED) is 0.684. The lowest BCUT2D eigenvalue weighted by atomic mass is 10.1. The van der Waals surface area contributed by atoms with Gasteiger partial charge in [0, 0.05) is 11.1 Å². The molecule has 0 saturated carbocycles.